The zero-order chi connectivity index (χ0) is 22.4. The molecule has 1 amide bonds. The number of carbonyl (C=O) groups excluding carboxylic acids is 2. The highest BCUT2D eigenvalue weighted by molar-refractivity contribution is 7.99. The minimum atomic E-state index is -0.441. The zero-order valence-corrected chi connectivity index (χ0v) is 18.9. The molecule has 7 nitrogen and oxygen atoms in total. The number of aromatic nitrogens is 2. The summed E-state index contributed by atoms with van der Waals surface area (Å²) in [6.07, 6.45) is 0.712. The molecular weight excluding hydrogens is 441 g/mol. The topological polar surface area (TPSA) is 94.3 Å². The molecule has 10 heteroatoms. The van der Waals surface area contributed by atoms with Crippen molar-refractivity contribution in [3.05, 3.63) is 46.6 Å². The fraction of sp³-hybridized carbons (Fsp3) is 0.333. The molecule has 0 aliphatic carbocycles. The highest BCUT2D eigenvalue weighted by Gasteiger charge is 2.22. The Morgan fingerprint density at radius 3 is 2.68 bits per heavy atom. The molecule has 1 aromatic carbocycles. The van der Waals surface area contributed by atoms with Gasteiger partial charge in [0.25, 0.3) is 5.22 Å². The number of thiophene rings is 1. The van der Waals surface area contributed by atoms with Crippen molar-refractivity contribution in [3.8, 4) is 11.5 Å². The van der Waals surface area contributed by atoms with Crippen LogP contribution in [-0.2, 0) is 16.0 Å². The van der Waals surface area contributed by atoms with Crippen LogP contribution in [0.5, 0.6) is 0 Å². The summed E-state index contributed by atoms with van der Waals surface area (Å²) in [5.74, 6) is -0.496. The Hall–Kier alpha value is -2.72. The maximum Gasteiger partial charge on any atom is 0.341 e. The van der Waals surface area contributed by atoms with E-state index in [1.807, 2.05) is 5.38 Å². The Morgan fingerprint density at radius 2 is 2.00 bits per heavy atom. The van der Waals surface area contributed by atoms with Gasteiger partial charge < -0.3 is 14.5 Å². The lowest BCUT2D eigenvalue weighted by Gasteiger charge is -2.09. The molecule has 1 N–H and O–H groups in total. The number of nitrogens with zero attached hydrogens (tertiary/aromatic N) is 2. The van der Waals surface area contributed by atoms with Crippen molar-refractivity contribution in [2.24, 2.45) is 5.92 Å². The molecule has 0 bridgehead atoms. The maximum atomic E-state index is 13.0. The van der Waals surface area contributed by atoms with Gasteiger partial charge in [0.2, 0.25) is 11.8 Å². The standard InChI is InChI=1S/C21H22FN3O4S2/c1-4-28-20(27)17-14(9-12(2)3)10-30-19(17)23-16(26)11-31-21-25-24-18(29-21)13-5-7-15(22)8-6-13/h5-8,10,12H,4,9,11H2,1-3H3,(H,23,26). The van der Waals surface area contributed by atoms with Gasteiger partial charge in [-0.3, -0.25) is 4.79 Å². The van der Waals surface area contributed by atoms with Gasteiger partial charge in [0, 0.05) is 5.56 Å². The number of rotatable bonds is 9. The van der Waals surface area contributed by atoms with E-state index in [4.69, 9.17) is 9.15 Å². The van der Waals surface area contributed by atoms with Crippen molar-refractivity contribution in [2.45, 2.75) is 32.4 Å². The summed E-state index contributed by atoms with van der Waals surface area (Å²) in [4.78, 5) is 24.9. The van der Waals surface area contributed by atoms with Crippen LogP contribution in [0.1, 0.15) is 36.7 Å². The number of nitrogens with one attached hydrogen (secondary N) is 1. The van der Waals surface area contributed by atoms with Crippen LogP contribution in [0.25, 0.3) is 11.5 Å². The van der Waals surface area contributed by atoms with E-state index in [1.54, 1.807) is 6.92 Å². The predicted molar refractivity (Wildman–Crippen MR) is 118 cm³/mol. The monoisotopic (exact) mass is 463 g/mol. The van der Waals surface area contributed by atoms with Crippen LogP contribution in [0, 0.1) is 11.7 Å². The molecule has 0 fully saturated rings. The van der Waals surface area contributed by atoms with Gasteiger partial charge in [-0.2, -0.15) is 0 Å². The van der Waals surface area contributed by atoms with Gasteiger partial charge in [-0.1, -0.05) is 25.6 Å². The van der Waals surface area contributed by atoms with E-state index >= 15 is 0 Å². The van der Waals surface area contributed by atoms with E-state index < -0.39 is 5.97 Å². The number of benzene rings is 1. The third-order valence-corrected chi connectivity index (χ3v) is 5.81. The molecule has 0 radical (unpaired) electrons. The van der Waals surface area contributed by atoms with Crippen molar-refractivity contribution in [2.75, 3.05) is 17.7 Å². The maximum absolute atomic E-state index is 13.0. The third-order valence-electron chi connectivity index (χ3n) is 4.05. The van der Waals surface area contributed by atoms with Gasteiger partial charge in [-0.25, -0.2) is 9.18 Å². The summed E-state index contributed by atoms with van der Waals surface area (Å²) in [6.45, 7) is 6.12. The SMILES string of the molecule is CCOC(=O)c1c(CC(C)C)csc1NC(=O)CSc1nnc(-c2ccc(F)cc2)o1. The number of anilines is 1. The van der Waals surface area contributed by atoms with E-state index in [9.17, 15) is 14.0 Å². The molecule has 3 aromatic rings. The smallest absolute Gasteiger partial charge is 0.341 e. The first-order valence-electron chi connectivity index (χ1n) is 9.67. The van der Waals surface area contributed by atoms with E-state index in [2.05, 4.69) is 29.4 Å². The molecule has 164 valence electrons. The quantitative estimate of drug-likeness (QED) is 0.351. The molecule has 3 rings (SSSR count). The molecule has 0 unspecified atom stereocenters. The van der Waals surface area contributed by atoms with Crippen LogP contribution in [0.3, 0.4) is 0 Å². The summed E-state index contributed by atoms with van der Waals surface area (Å²) in [7, 11) is 0. The average Bonchev–Trinajstić information content (AvgIpc) is 3.34. The second-order valence-electron chi connectivity index (χ2n) is 7.00. The van der Waals surface area contributed by atoms with E-state index in [-0.39, 0.29) is 35.2 Å². The second-order valence-corrected chi connectivity index (χ2v) is 8.81. The molecule has 0 spiro atoms. The molecule has 0 aliphatic rings. The molecule has 0 aliphatic heterocycles. The Bertz CT molecular complexity index is 1050. The van der Waals surface area contributed by atoms with Gasteiger partial charge in [0.15, 0.2) is 0 Å². The first-order chi connectivity index (χ1) is 14.9. The van der Waals surface area contributed by atoms with Crippen LogP contribution in [0.2, 0.25) is 0 Å². The highest BCUT2D eigenvalue weighted by Crippen LogP contribution is 2.31. The zero-order valence-electron chi connectivity index (χ0n) is 17.3. The fourth-order valence-corrected chi connectivity index (χ4v) is 4.31. The van der Waals surface area contributed by atoms with Gasteiger partial charge in [0.05, 0.1) is 17.9 Å². The highest BCUT2D eigenvalue weighted by atomic mass is 32.2. The Morgan fingerprint density at radius 1 is 1.26 bits per heavy atom. The van der Waals surface area contributed by atoms with Gasteiger partial charge >= 0.3 is 5.97 Å². The average molecular weight is 464 g/mol. The molecule has 0 saturated heterocycles. The Kier molecular flexibility index (Phi) is 7.80. The lowest BCUT2D eigenvalue weighted by Crippen LogP contribution is -2.17. The van der Waals surface area contributed by atoms with Gasteiger partial charge in [0.1, 0.15) is 10.8 Å². The minimum absolute atomic E-state index is 0.0186. The number of hydrogen-bond acceptors (Lipinski definition) is 8. The van der Waals surface area contributed by atoms with Crippen molar-refractivity contribution in [1.29, 1.82) is 0 Å². The molecule has 2 aromatic heterocycles. The van der Waals surface area contributed by atoms with Gasteiger partial charge in [-0.15, -0.1) is 21.5 Å². The van der Waals surface area contributed by atoms with E-state index in [0.717, 1.165) is 17.3 Å². The minimum Gasteiger partial charge on any atom is -0.462 e. The fourth-order valence-electron chi connectivity index (χ4n) is 2.77. The van der Waals surface area contributed by atoms with Crippen LogP contribution < -0.4 is 5.32 Å². The van der Waals surface area contributed by atoms with Crippen molar-refractivity contribution >= 4 is 40.0 Å². The van der Waals surface area contributed by atoms with Gasteiger partial charge in [-0.05, 0) is 54.5 Å². The number of amides is 1. The predicted octanol–water partition coefficient (Wildman–Crippen LogP) is 5.04. The van der Waals surface area contributed by atoms with Crippen molar-refractivity contribution in [1.82, 2.24) is 10.2 Å². The first kappa shape index (κ1) is 23.0. The molecule has 31 heavy (non-hydrogen) atoms. The van der Waals surface area contributed by atoms with Crippen molar-refractivity contribution in [3.63, 3.8) is 0 Å². The number of ether oxygens (including phenoxy) is 1. The second kappa shape index (κ2) is 10.5. The number of carbonyl (C=O) groups is 2. The Labute approximate surface area is 187 Å². The number of esters is 1. The summed E-state index contributed by atoms with van der Waals surface area (Å²) < 4.78 is 23.7. The molecule has 2 heterocycles. The van der Waals surface area contributed by atoms with Crippen LogP contribution in [0.4, 0.5) is 9.39 Å². The van der Waals surface area contributed by atoms with E-state index in [1.165, 1.54) is 35.6 Å². The van der Waals surface area contributed by atoms with Crippen LogP contribution >= 0.6 is 23.1 Å². The third kappa shape index (κ3) is 6.14. The largest absolute Gasteiger partial charge is 0.462 e. The van der Waals surface area contributed by atoms with Crippen LogP contribution in [-0.4, -0.2) is 34.4 Å². The number of hydrogen-bond donors (Lipinski definition) is 1. The summed E-state index contributed by atoms with van der Waals surface area (Å²) in [5, 5.41) is 13.2. The van der Waals surface area contributed by atoms with E-state index in [0.29, 0.717) is 28.5 Å². The first-order valence-corrected chi connectivity index (χ1v) is 11.5. The molecular formula is C21H22FN3O4S2. The molecule has 0 saturated carbocycles. The van der Waals surface area contributed by atoms with Crippen LogP contribution in [0.15, 0.2) is 39.3 Å². The summed E-state index contributed by atoms with van der Waals surface area (Å²) >= 11 is 2.37. The lowest BCUT2D eigenvalue weighted by atomic mass is 10.0. The van der Waals surface area contributed by atoms with Crippen molar-refractivity contribution < 1.29 is 23.1 Å². The molecule has 0 atom stereocenters. The summed E-state index contributed by atoms with van der Waals surface area (Å²) in [6, 6.07) is 5.67. The normalized spacial score (nSPS) is 11.0. The number of halogens is 1. The lowest BCUT2D eigenvalue weighted by molar-refractivity contribution is -0.113. The Balaban J connectivity index is 1.64. The summed E-state index contributed by atoms with van der Waals surface area (Å²) in [5.41, 5.74) is 1.86. The number of thioether (sulfide) groups is 1.